The highest BCUT2D eigenvalue weighted by atomic mass is 16.8. The topological polar surface area (TPSA) is 313 Å². The molecule has 0 aromatic heterocycles. The lowest BCUT2D eigenvalue weighted by Gasteiger charge is -2.48. The molecule has 11 N–H and O–H groups in total. The van der Waals surface area contributed by atoms with Gasteiger partial charge in [-0.3, -0.25) is 0 Å². The Hall–Kier alpha value is -3.71. The molecule has 0 saturated carbocycles. The smallest absolute Gasteiger partial charge is 0.330 e. The summed E-state index contributed by atoms with van der Waals surface area (Å²) in [5.41, 5.74) is 0.917. The second-order valence-electron chi connectivity index (χ2n) is 13.0. The van der Waals surface area contributed by atoms with Crippen LogP contribution in [0.1, 0.15) is 11.1 Å². The summed E-state index contributed by atoms with van der Waals surface area (Å²) in [6, 6.07) is 8.42. The maximum absolute atomic E-state index is 12.7. The Morgan fingerprint density at radius 2 is 1.47 bits per heavy atom. The van der Waals surface area contributed by atoms with E-state index in [0.29, 0.717) is 11.1 Å². The molecule has 0 amide bonds. The fraction of sp³-hybridized carbons (Fsp3) is 0.571. The van der Waals surface area contributed by atoms with E-state index >= 15 is 0 Å². The summed E-state index contributed by atoms with van der Waals surface area (Å²) in [6.45, 7) is -2.12. The molecule has 3 heterocycles. The molecule has 2 aromatic carbocycles. The molecule has 5 rings (SSSR count). The molecule has 20 heteroatoms. The lowest BCUT2D eigenvalue weighted by atomic mass is 9.96. The van der Waals surface area contributed by atoms with Crippen molar-refractivity contribution < 1.29 is 98.9 Å². The monoisotopic (exact) mass is 786 g/mol. The van der Waals surface area contributed by atoms with Crippen molar-refractivity contribution in [1.82, 2.24) is 0 Å². The Balaban J connectivity index is 1.41. The first-order chi connectivity index (χ1) is 26.2. The van der Waals surface area contributed by atoms with Crippen LogP contribution in [0.5, 0.6) is 23.0 Å². The van der Waals surface area contributed by atoms with Gasteiger partial charge in [0.25, 0.3) is 0 Å². The molecule has 20 nitrogen and oxygen atoms in total. The highest BCUT2D eigenvalue weighted by Crippen LogP contribution is 2.34. The molecular weight excluding hydrogens is 740 g/mol. The van der Waals surface area contributed by atoms with Gasteiger partial charge in [-0.2, -0.15) is 0 Å². The van der Waals surface area contributed by atoms with Crippen molar-refractivity contribution in [1.29, 1.82) is 0 Å². The van der Waals surface area contributed by atoms with Crippen LogP contribution in [0.15, 0.2) is 42.5 Å². The van der Waals surface area contributed by atoms with Crippen LogP contribution >= 0.6 is 0 Å². The van der Waals surface area contributed by atoms with Gasteiger partial charge in [0.1, 0.15) is 73.8 Å². The number of aliphatic hydroxyl groups excluding tert-OH is 8. The number of aromatic hydroxyl groups is 3. The fourth-order valence-electron chi connectivity index (χ4n) is 6.06. The van der Waals surface area contributed by atoms with Crippen molar-refractivity contribution >= 4 is 12.0 Å². The van der Waals surface area contributed by atoms with E-state index in [9.17, 15) is 61.0 Å². The Kier molecular flexibility index (Phi) is 14.6. The standard InChI is InChI=1S/C35H46O20/c1-48-21-6-3-16(11-19(21)39)8-9-49-35-32(55-33-29(46)25(42)20(40)13-51-33)31(54-34-30(47)28(45)26(43)22(12-36)52-34)27(44)23(53-35)14-50-24(41)7-4-15-2-5-17(37)18(38)10-15/h2-7,10-11,20,22-23,25-40,42-47H,8-9,12-14H2,1H3. The van der Waals surface area contributed by atoms with Gasteiger partial charge in [-0.15, -0.1) is 0 Å². The number of rotatable bonds is 14. The number of carbonyl (C=O) groups excluding carboxylic acids is 1. The third-order valence-electron chi connectivity index (χ3n) is 9.22. The summed E-state index contributed by atoms with van der Waals surface area (Å²) in [6.07, 6.45) is -21.5. The van der Waals surface area contributed by atoms with Crippen LogP contribution in [-0.4, -0.2) is 182 Å². The molecule has 3 aliphatic heterocycles. The first-order valence-corrected chi connectivity index (χ1v) is 17.2. The van der Waals surface area contributed by atoms with Crippen molar-refractivity contribution in [2.75, 3.05) is 33.5 Å². The minimum atomic E-state index is -1.95. The first kappa shape index (κ1) is 42.4. The second-order valence-corrected chi connectivity index (χ2v) is 13.0. The zero-order chi connectivity index (χ0) is 40.0. The molecule has 0 aliphatic carbocycles. The number of carbonyl (C=O) groups is 1. The molecule has 0 bridgehead atoms. The zero-order valence-corrected chi connectivity index (χ0v) is 29.3. The average Bonchev–Trinajstić information content (AvgIpc) is 3.17. The Morgan fingerprint density at radius 3 is 2.16 bits per heavy atom. The molecule has 306 valence electrons. The van der Waals surface area contributed by atoms with Gasteiger partial charge in [-0.05, 0) is 47.9 Å². The predicted octanol–water partition coefficient (Wildman–Crippen LogP) is -3.28. The summed E-state index contributed by atoms with van der Waals surface area (Å²) in [4.78, 5) is 12.7. The number of methoxy groups -OCH3 is 1. The molecule has 3 fully saturated rings. The Labute approximate surface area is 313 Å². The summed E-state index contributed by atoms with van der Waals surface area (Å²) in [7, 11) is 1.38. The number of phenolic OH excluding ortho intramolecular Hbond substituents is 3. The van der Waals surface area contributed by atoms with Crippen molar-refractivity contribution in [2.24, 2.45) is 0 Å². The van der Waals surface area contributed by atoms with E-state index in [1.54, 1.807) is 6.07 Å². The molecule has 0 radical (unpaired) electrons. The van der Waals surface area contributed by atoms with Gasteiger partial charge < -0.3 is 94.1 Å². The second kappa shape index (κ2) is 19.0. The summed E-state index contributed by atoms with van der Waals surface area (Å²) in [5.74, 6) is -1.65. The minimum Gasteiger partial charge on any atom is -0.504 e. The SMILES string of the molecule is COc1ccc(CCOC2OC(COC(=O)C=Cc3ccc(O)c(O)c3)C(O)C(OC3OC(CO)C(O)C(O)C3O)C2OC2OCC(O)C(O)C2O)cc1O. The maximum Gasteiger partial charge on any atom is 0.330 e. The van der Waals surface area contributed by atoms with E-state index in [2.05, 4.69) is 0 Å². The summed E-state index contributed by atoms with van der Waals surface area (Å²) in [5, 5.41) is 113. The molecule has 3 aliphatic rings. The van der Waals surface area contributed by atoms with Crippen molar-refractivity contribution in [3.05, 3.63) is 53.6 Å². The van der Waals surface area contributed by atoms with Crippen LogP contribution in [0.4, 0.5) is 0 Å². The zero-order valence-electron chi connectivity index (χ0n) is 29.3. The van der Waals surface area contributed by atoms with E-state index < -0.39 is 118 Å². The highest BCUT2D eigenvalue weighted by Gasteiger charge is 2.54. The van der Waals surface area contributed by atoms with Crippen molar-refractivity contribution in [3.8, 4) is 23.0 Å². The van der Waals surface area contributed by atoms with E-state index in [1.165, 1.54) is 43.5 Å². The molecule has 3 saturated heterocycles. The minimum absolute atomic E-state index is 0.145. The van der Waals surface area contributed by atoms with Crippen molar-refractivity contribution in [2.45, 2.75) is 92.4 Å². The summed E-state index contributed by atoms with van der Waals surface area (Å²) < 4.78 is 45.3. The number of aliphatic hydroxyl groups is 8. The largest absolute Gasteiger partial charge is 0.504 e. The van der Waals surface area contributed by atoms with Gasteiger partial charge in [0, 0.05) is 6.08 Å². The van der Waals surface area contributed by atoms with E-state index in [0.717, 1.165) is 6.08 Å². The lowest BCUT2D eigenvalue weighted by molar-refractivity contribution is -0.386. The van der Waals surface area contributed by atoms with Gasteiger partial charge >= 0.3 is 5.97 Å². The normalized spacial score (nSPS) is 35.4. The highest BCUT2D eigenvalue weighted by molar-refractivity contribution is 5.87. The van der Waals surface area contributed by atoms with Gasteiger partial charge in [0.15, 0.2) is 41.9 Å². The number of ether oxygens (including phenoxy) is 8. The van der Waals surface area contributed by atoms with Gasteiger partial charge in [-0.1, -0.05) is 12.1 Å². The molecule has 14 unspecified atom stereocenters. The van der Waals surface area contributed by atoms with Crippen LogP contribution in [0.2, 0.25) is 0 Å². The van der Waals surface area contributed by atoms with Crippen LogP contribution in [-0.2, 0) is 44.4 Å². The maximum atomic E-state index is 12.7. The Bertz CT molecular complexity index is 1590. The van der Waals surface area contributed by atoms with Crippen LogP contribution in [0.25, 0.3) is 6.08 Å². The molecular formula is C35H46O20. The molecule has 55 heavy (non-hydrogen) atoms. The van der Waals surface area contributed by atoms with Crippen LogP contribution in [0, 0.1) is 0 Å². The molecule has 0 spiro atoms. The van der Waals surface area contributed by atoms with E-state index in [-0.39, 0.29) is 30.3 Å². The van der Waals surface area contributed by atoms with Gasteiger partial charge in [-0.25, -0.2) is 4.79 Å². The third-order valence-corrected chi connectivity index (χ3v) is 9.22. The predicted molar refractivity (Wildman–Crippen MR) is 180 cm³/mol. The van der Waals surface area contributed by atoms with Gasteiger partial charge in [0.2, 0.25) is 0 Å². The van der Waals surface area contributed by atoms with Crippen LogP contribution < -0.4 is 4.74 Å². The van der Waals surface area contributed by atoms with E-state index in [4.69, 9.17) is 37.9 Å². The average molecular weight is 787 g/mol. The number of hydrogen-bond donors (Lipinski definition) is 11. The molecule has 2 aromatic rings. The third kappa shape index (κ3) is 10.2. The molecule has 14 atom stereocenters. The fourth-order valence-corrected chi connectivity index (χ4v) is 6.06. The number of benzene rings is 2. The number of phenols is 3. The quantitative estimate of drug-likeness (QED) is 0.0508. The number of hydrogen-bond acceptors (Lipinski definition) is 20. The van der Waals surface area contributed by atoms with Gasteiger partial charge in [0.05, 0.1) is 26.9 Å². The number of esters is 1. The Morgan fingerprint density at radius 1 is 0.764 bits per heavy atom. The van der Waals surface area contributed by atoms with Crippen LogP contribution in [0.3, 0.4) is 0 Å². The van der Waals surface area contributed by atoms with Crippen molar-refractivity contribution in [3.63, 3.8) is 0 Å². The summed E-state index contributed by atoms with van der Waals surface area (Å²) >= 11 is 0. The van der Waals surface area contributed by atoms with E-state index in [1.807, 2.05) is 0 Å². The first-order valence-electron chi connectivity index (χ1n) is 17.2. The lowest BCUT2D eigenvalue weighted by Crippen LogP contribution is -2.66.